The van der Waals surface area contributed by atoms with Crippen molar-refractivity contribution in [2.24, 2.45) is 0 Å². The Morgan fingerprint density at radius 3 is 2.50 bits per heavy atom. The molecule has 24 heavy (non-hydrogen) atoms. The van der Waals surface area contributed by atoms with E-state index < -0.39 is 19.9 Å². The number of hydrogen-bond acceptors (Lipinski definition) is 8. The smallest absolute Gasteiger partial charge is 0.367 e. The Bertz CT molecular complexity index is 749. The molecule has 0 saturated heterocycles. The van der Waals surface area contributed by atoms with Crippen LogP contribution in [0.25, 0.3) is 10.1 Å². The maximum Gasteiger partial charge on any atom is 0.367 e. The van der Waals surface area contributed by atoms with E-state index in [0.717, 1.165) is 10.1 Å². The van der Waals surface area contributed by atoms with Crippen molar-refractivity contribution in [3.05, 3.63) is 23.1 Å². The van der Waals surface area contributed by atoms with E-state index in [-0.39, 0.29) is 20.0 Å². The lowest BCUT2D eigenvalue weighted by Crippen LogP contribution is -2.08. The number of ether oxygens (including phenoxy) is 3. The topological polar surface area (TPSA) is 80.3 Å². The van der Waals surface area contributed by atoms with Crippen LogP contribution in [0.1, 0.15) is 23.5 Å². The van der Waals surface area contributed by atoms with E-state index in [4.69, 9.17) is 23.3 Å². The van der Waals surface area contributed by atoms with Crippen molar-refractivity contribution in [1.29, 1.82) is 0 Å². The summed E-state index contributed by atoms with van der Waals surface area (Å²) in [6.07, 6.45) is -0.412. The molecular formula is C15H17O7PS. The highest BCUT2D eigenvalue weighted by Gasteiger charge is 2.27. The molecular weight excluding hydrogens is 355 g/mol. The molecule has 0 spiro atoms. The van der Waals surface area contributed by atoms with Crippen LogP contribution in [0.2, 0.25) is 0 Å². The number of carbonyl (C=O) groups excluding carboxylic acids is 1. The average Bonchev–Trinajstić information content (AvgIpc) is 3.16. The van der Waals surface area contributed by atoms with Gasteiger partial charge in [0.05, 0.1) is 13.2 Å². The maximum atomic E-state index is 12.3. The van der Waals surface area contributed by atoms with Gasteiger partial charge in [-0.2, -0.15) is 0 Å². The van der Waals surface area contributed by atoms with Crippen LogP contribution in [0, 0.1) is 0 Å². The van der Waals surface area contributed by atoms with Crippen LogP contribution >= 0.6 is 18.9 Å². The second-order valence-electron chi connectivity index (χ2n) is 4.86. The van der Waals surface area contributed by atoms with Gasteiger partial charge in [0.2, 0.25) is 6.79 Å². The third kappa shape index (κ3) is 3.57. The molecule has 130 valence electrons. The third-order valence-corrected chi connectivity index (χ3v) is 6.04. The first-order chi connectivity index (χ1) is 11.5. The average molecular weight is 372 g/mol. The number of hydrogen-bond donors (Lipinski definition) is 0. The van der Waals surface area contributed by atoms with Gasteiger partial charge in [-0.1, -0.05) is 0 Å². The van der Waals surface area contributed by atoms with Gasteiger partial charge in [0.25, 0.3) is 0 Å². The van der Waals surface area contributed by atoms with Crippen LogP contribution in [-0.2, 0) is 18.3 Å². The van der Waals surface area contributed by atoms with Crippen LogP contribution in [0.3, 0.4) is 0 Å². The Labute approximate surface area is 142 Å². The molecule has 0 bridgehead atoms. The van der Waals surface area contributed by atoms with Gasteiger partial charge < -0.3 is 23.3 Å². The summed E-state index contributed by atoms with van der Waals surface area (Å²) in [6, 6.07) is 5.34. The van der Waals surface area contributed by atoms with Crippen molar-refractivity contribution in [1.82, 2.24) is 0 Å². The van der Waals surface area contributed by atoms with E-state index >= 15 is 0 Å². The Morgan fingerprint density at radius 2 is 1.83 bits per heavy atom. The summed E-state index contributed by atoms with van der Waals surface area (Å²) in [5, 5.41) is 0.856. The zero-order valence-corrected chi connectivity index (χ0v) is 15.0. The van der Waals surface area contributed by atoms with E-state index in [0.29, 0.717) is 16.4 Å². The fourth-order valence-electron chi connectivity index (χ4n) is 2.24. The highest BCUT2D eigenvalue weighted by atomic mass is 32.1. The number of esters is 1. The van der Waals surface area contributed by atoms with Crippen LogP contribution in [-0.4, -0.2) is 32.3 Å². The highest BCUT2D eigenvalue weighted by molar-refractivity contribution is 7.53. The SMILES string of the molecule is CCOP(=O)(COC(=O)c1cc2cc3c(cc2s1)OCO3)OCC. The summed E-state index contributed by atoms with van der Waals surface area (Å²) in [6.45, 7) is 4.02. The van der Waals surface area contributed by atoms with E-state index in [1.807, 2.05) is 12.1 Å². The fraction of sp³-hybridized carbons (Fsp3) is 0.400. The molecule has 0 unspecified atom stereocenters. The minimum absolute atomic E-state index is 0.200. The van der Waals surface area contributed by atoms with Crippen LogP contribution < -0.4 is 9.47 Å². The monoisotopic (exact) mass is 372 g/mol. The number of benzene rings is 1. The Hall–Kier alpha value is -1.60. The molecule has 0 atom stereocenters. The molecule has 2 aromatic rings. The zero-order valence-electron chi connectivity index (χ0n) is 13.3. The maximum absolute atomic E-state index is 12.3. The van der Waals surface area contributed by atoms with E-state index in [2.05, 4.69) is 0 Å². The van der Waals surface area contributed by atoms with Crippen molar-refractivity contribution in [3.8, 4) is 11.5 Å². The molecule has 1 aromatic heterocycles. The number of thiophene rings is 1. The molecule has 0 fully saturated rings. The van der Waals surface area contributed by atoms with E-state index in [1.54, 1.807) is 19.9 Å². The van der Waals surface area contributed by atoms with Gasteiger partial charge in [-0.05, 0) is 31.4 Å². The Morgan fingerprint density at radius 1 is 1.17 bits per heavy atom. The lowest BCUT2D eigenvalue weighted by atomic mass is 10.2. The summed E-state index contributed by atoms with van der Waals surface area (Å²) in [4.78, 5) is 12.6. The van der Waals surface area contributed by atoms with Gasteiger partial charge in [0.15, 0.2) is 17.8 Å². The van der Waals surface area contributed by atoms with Crippen molar-refractivity contribution in [2.45, 2.75) is 13.8 Å². The number of rotatable bonds is 7. The first kappa shape index (κ1) is 17.2. The van der Waals surface area contributed by atoms with Gasteiger partial charge in [0, 0.05) is 10.8 Å². The second kappa shape index (κ2) is 7.11. The molecule has 0 radical (unpaired) electrons. The normalized spacial score (nSPS) is 13.4. The van der Waals surface area contributed by atoms with E-state index in [1.165, 1.54) is 11.3 Å². The summed E-state index contributed by atoms with van der Waals surface area (Å²) in [5.41, 5.74) is 0. The van der Waals surface area contributed by atoms with Gasteiger partial charge in [-0.3, -0.25) is 4.57 Å². The van der Waals surface area contributed by atoms with Crippen molar-refractivity contribution in [3.63, 3.8) is 0 Å². The molecule has 0 N–H and O–H groups in total. The van der Waals surface area contributed by atoms with Gasteiger partial charge >= 0.3 is 13.6 Å². The Balaban J connectivity index is 1.73. The van der Waals surface area contributed by atoms with Gasteiger partial charge in [0.1, 0.15) is 4.88 Å². The van der Waals surface area contributed by atoms with Crippen LogP contribution in [0.5, 0.6) is 11.5 Å². The molecule has 2 heterocycles. The number of carbonyl (C=O) groups is 1. The molecule has 7 nitrogen and oxygen atoms in total. The first-order valence-corrected chi connectivity index (χ1v) is 9.97. The van der Waals surface area contributed by atoms with Crippen molar-refractivity contribution >= 4 is 35.0 Å². The van der Waals surface area contributed by atoms with Crippen molar-refractivity contribution < 1.29 is 32.6 Å². The predicted octanol–water partition coefficient (Wildman–Crippen LogP) is 4.01. The molecule has 9 heteroatoms. The second-order valence-corrected chi connectivity index (χ2v) is 7.94. The molecule has 0 amide bonds. The van der Waals surface area contributed by atoms with Crippen LogP contribution in [0.15, 0.2) is 18.2 Å². The summed E-state index contributed by atoms with van der Waals surface area (Å²) < 4.78 is 39.1. The molecule has 3 rings (SSSR count). The lowest BCUT2D eigenvalue weighted by molar-refractivity contribution is 0.0538. The molecule has 1 aliphatic rings. The molecule has 0 aliphatic carbocycles. The van der Waals surface area contributed by atoms with Crippen molar-refractivity contribution in [2.75, 3.05) is 26.4 Å². The summed E-state index contributed by atoms with van der Waals surface area (Å²) in [5.74, 6) is 0.733. The molecule has 1 aromatic carbocycles. The molecule has 0 saturated carbocycles. The minimum Gasteiger partial charge on any atom is -0.454 e. The Kier molecular flexibility index (Phi) is 5.10. The van der Waals surface area contributed by atoms with Gasteiger partial charge in [-0.15, -0.1) is 11.3 Å². The first-order valence-electron chi connectivity index (χ1n) is 7.43. The molecule has 1 aliphatic heterocycles. The summed E-state index contributed by atoms with van der Waals surface area (Å²) in [7, 11) is -3.42. The fourth-order valence-corrected chi connectivity index (χ4v) is 4.50. The quantitative estimate of drug-likeness (QED) is 0.536. The zero-order chi connectivity index (χ0) is 17.2. The number of fused-ring (bicyclic) bond motifs is 2. The predicted molar refractivity (Wildman–Crippen MR) is 89.1 cm³/mol. The van der Waals surface area contributed by atoms with Gasteiger partial charge in [-0.25, -0.2) is 4.79 Å². The largest absolute Gasteiger partial charge is 0.454 e. The van der Waals surface area contributed by atoms with E-state index in [9.17, 15) is 9.36 Å². The highest BCUT2D eigenvalue weighted by Crippen LogP contribution is 2.48. The lowest BCUT2D eigenvalue weighted by Gasteiger charge is -2.16. The minimum atomic E-state index is -3.42. The summed E-state index contributed by atoms with van der Waals surface area (Å²) >= 11 is 1.27. The standard InChI is InChI=1S/C15H17O7PS/c1-3-21-23(17,22-4-2)9-20-15(16)14-6-10-5-11-12(19-8-18-11)7-13(10)24-14/h5-7H,3-4,8-9H2,1-2H3. The van der Waals surface area contributed by atoms with Crippen LogP contribution in [0.4, 0.5) is 0 Å². The third-order valence-electron chi connectivity index (χ3n) is 3.22.